The molecule has 0 spiro atoms. The molecule has 19 heavy (non-hydrogen) atoms. The molecule has 2 heterocycles. The Labute approximate surface area is 112 Å². The van der Waals surface area contributed by atoms with Gasteiger partial charge in [0.1, 0.15) is 0 Å². The van der Waals surface area contributed by atoms with Crippen molar-refractivity contribution in [2.75, 3.05) is 26.4 Å². The molecule has 2 unspecified atom stereocenters. The van der Waals surface area contributed by atoms with Crippen LogP contribution < -0.4 is 0 Å². The number of carbonyl (C=O) groups excluding carboxylic acids is 2. The summed E-state index contributed by atoms with van der Waals surface area (Å²) in [5.41, 5.74) is 0. The summed E-state index contributed by atoms with van der Waals surface area (Å²) in [4.78, 5) is 23.0. The van der Waals surface area contributed by atoms with Gasteiger partial charge < -0.3 is 18.9 Å². The minimum atomic E-state index is -0.408. The van der Waals surface area contributed by atoms with E-state index < -0.39 is 12.2 Å². The van der Waals surface area contributed by atoms with Gasteiger partial charge in [0.05, 0.1) is 13.2 Å². The quantitative estimate of drug-likeness (QED) is 0.526. The molecule has 0 aromatic carbocycles. The third-order valence-electron chi connectivity index (χ3n) is 3.16. The van der Waals surface area contributed by atoms with Gasteiger partial charge >= 0.3 is 11.9 Å². The summed E-state index contributed by atoms with van der Waals surface area (Å²) in [5, 5.41) is 0. The van der Waals surface area contributed by atoms with Crippen LogP contribution in [0.15, 0.2) is 0 Å². The number of ether oxygens (including phenoxy) is 4. The van der Waals surface area contributed by atoms with E-state index in [0.29, 0.717) is 19.6 Å². The lowest BCUT2D eigenvalue weighted by Crippen LogP contribution is -2.24. The summed E-state index contributed by atoms with van der Waals surface area (Å²) in [6.45, 7) is 1.74. The highest BCUT2D eigenvalue weighted by atomic mass is 16.6. The molecule has 0 saturated carbocycles. The van der Waals surface area contributed by atoms with Gasteiger partial charge in [0, 0.05) is 19.6 Å². The molecule has 0 amide bonds. The number of rotatable bonds is 6. The van der Waals surface area contributed by atoms with Crippen LogP contribution in [0.25, 0.3) is 0 Å². The summed E-state index contributed by atoms with van der Waals surface area (Å²) >= 11 is 0. The lowest BCUT2D eigenvalue weighted by Gasteiger charge is -2.11. The SMILES string of the molecule is O=C(OCCCOC(=O)C1CCCO1)C1CCCO1. The first-order valence-electron chi connectivity index (χ1n) is 6.84. The molecule has 108 valence electrons. The van der Waals surface area contributed by atoms with Gasteiger partial charge in [-0.15, -0.1) is 0 Å². The van der Waals surface area contributed by atoms with Crippen molar-refractivity contribution in [2.24, 2.45) is 0 Å². The van der Waals surface area contributed by atoms with Crippen LogP contribution in [-0.4, -0.2) is 50.6 Å². The fourth-order valence-corrected chi connectivity index (χ4v) is 2.12. The van der Waals surface area contributed by atoms with Crippen LogP contribution in [-0.2, 0) is 28.5 Å². The van der Waals surface area contributed by atoms with E-state index in [9.17, 15) is 9.59 Å². The minimum Gasteiger partial charge on any atom is -0.464 e. The maximum Gasteiger partial charge on any atom is 0.335 e. The van der Waals surface area contributed by atoms with Crippen molar-refractivity contribution < 1.29 is 28.5 Å². The second kappa shape index (κ2) is 7.45. The average Bonchev–Trinajstić information content (AvgIpc) is 3.10. The van der Waals surface area contributed by atoms with E-state index in [1.54, 1.807) is 0 Å². The van der Waals surface area contributed by atoms with Crippen molar-refractivity contribution in [1.82, 2.24) is 0 Å². The average molecular weight is 272 g/mol. The number of carbonyl (C=O) groups is 2. The predicted molar refractivity (Wildman–Crippen MR) is 64.5 cm³/mol. The van der Waals surface area contributed by atoms with Gasteiger partial charge in [-0.3, -0.25) is 0 Å². The number of hydrogen-bond donors (Lipinski definition) is 0. The molecule has 0 radical (unpaired) electrons. The molecular weight excluding hydrogens is 252 g/mol. The third-order valence-corrected chi connectivity index (χ3v) is 3.16. The third kappa shape index (κ3) is 4.47. The Balaban J connectivity index is 1.49. The second-order valence-corrected chi connectivity index (χ2v) is 4.69. The standard InChI is InChI=1S/C13H20O6/c14-12(10-4-1-6-16-10)18-8-3-9-19-13(15)11-5-2-7-17-11/h10-11H,1-9H2. The van der Waals surface area contributed by atoms with E-state index in [1.165, 1.54) is 0 Å². The molecule has 2 rings (SSSR count). The molecule has 0 N–H and O–H groups in total. The Kier molecular flexibility index (Phi) is 5.60. The largest absolute Gasteiger partial charge is 0.464 e. The van der Waals surface area contributed by atoms with E-state index in [-0.39, 0.29) is 25.2 Å². The summed E-state index contributed by atoms with van der Waals surface area (Å²) in [5.74, 6) is -0.633. The molecule has 2 aliphatic heterocycles. The van der Waals surface area contributed by atoms with Gasteiger partial charge in [-0.05, 0) is 25.7 Å². The van der Waals surface area contributed by atoms with Crippen molar-refractivity contribution in [1.29, 1.82) is 0 Å². The molecule has 2 atom stereocenters. The molecule has 0 aromatic rings. The number of esters is 2. The second-order valence-electron chi connectivity index (χ2n) is 4.69. The highest BCUT2D eigenvalue weighted by Crippen LogP contribution is 2.14. The summed E-state index contributed by atoms with van der Waals surface area (Å²) in [6.07, 6.45) is 2.94. The van der Waals surface area contributed by atoms with Gasteiger partial charge in [-0.2, -0.15) is 0 Å². The van der Waals surface area contributed by atoms with Crippen LogP contribution >= 0.6 is 0 Å². The highest BCUT2D eigenvalue weighted by molar-refractivity contribution is 5.75. The van der Waals surface area contributed by atoms with Crippen LogP contribution in [0.2, 0.25) is 0 Å². The van der Waals surface area contributed by atoms with Gasteiger partial charge in [0.25, 0.3) is 0 Å². The molecule has 6 heteroatoms. The van der Waals surface area contributed by atoms with E-state index in [2.05, 4.69) is 0 Å². The van der Waals surface area contributed by atoms with Crippen LogP contribution in [0.5, 0.6) is 0 Å². The summed E-state index contributed by atoms with van der Waals surface area (Å²) < 4.78 is 20.5. The lowest BCUT2D eigenvalue weighted by molar-refractivity contribution is -0.157. The molecular formula is C13H20O6. The summed E-state index contributed by atoms with van der Waals surface area (Å²) in [7, 11) is 0. The van der Waals surface area contributed by atoms with Gasteiger partial charge in [-0.25, -0.2) is 9.59 Å². The van der Waals surface area contributed by atoms with E-state index >= 15 is 0 Å². The highest BCUT2D eigenvalue weighted by Gasteiger charge is 2.26. The first kappa shape index (κ1) is 14.3. The van der Waals surface area contributed by atoms with Gasteiger partial charge in [-0.1, -0.05) is 0 Å². The van der Waals surface area contributed by atoms with E-state index in [0.717, 1.165) is 25.7 Å². The van der Waals surface area contributed by atoms with Crippen molar-refractivity contribution in [2.45, 2.75) is 44.3 Å². The maximum absolute atomic E-state index is 11.5. The molecule has 2 saturated heterocycles. The van der Waals surface area contributed by atoms with E-state index in [4.69, 9.17) is 18.9 Å². The fourth-order valence-electron chi connectivity index (χ4n) is 2.12. The Morgan fingerprint density at radius 2 is 1.37 bits per heavy atom. The van der Waals surface area contributed by atoms with Crippen molar-refractivity contribution in [3.05, 3.63) is 0 Å². The Morgan fingerprint density at radius 1 is 0.895 bits per heavy atom. The van der Waals surface area contributed by atoms with Gasteiger partial charge in [0.2, 0.25) is 0 Å². The van der Waals surface area contributed by atoms with Crippen molar-refractivity contribution >= 4 is 11.9 Å². The Bertz CT molecular complexity index is 274. The van der Waals surface area contributed by atoms with Crippen LogP contribution in [0.3, 0.4) is 0 Å². The molecule has 0 aromatic heterocycles. The van der Waals surface area contributed by atoms with Crippen LogP contribution in [0, 0.1) is 0 Å². The zero-order valence-corrected chi connectivity index (χ0v) is 11.0. The number of hydrogen-bond acceptors (Lipinski definition) is 6. The zero-order chi connectivity index (χ0) is 13.5. The van der Waals surface area contributed by atoms with Crippen LogP contribution in [0.1, 0.15) is 32.1 Å². The topological polar surface area (TPSA) is 71.1 Å². The smallest absolute Gasteiger partial charge is 0.335 e. The Morgan fingerprint density at radius 3 is 1.74 bits per heavy atom. The van der Waals surface area contributed by atoms with Crippen LogP contribution in [0.4, 0.5) is 0 Å². The minimum absolute atomic E-state index is 0.248. The van der Waals surface area contributed by atoms with Gasteiger partial charge in [0.15, 0.2) is 12.2 Å². The predicted octanol–water partition coefficient (Wildman–Crippen LogP) is 0.821. The first-order chi connectivity index (χ1) is 9.27. The van der Waals surface area contributed by atoms with Crippen molar-refractivity contribution in [3.63, 3.8) is 0 Å². The molecule has 2 fully saturated rings. The van der Waals surface area contributed by atoms with E-state index in [1.807, 2.05) is 0 Å². The molecule has 6 nitrogen and oxygen atoms in total. The zero-order valence-electron chi connectivity index (χ0n) is 11.0. The first-order valence-corrected chi connectivity index (χ1v) is 6.84. The molecule has 0 bridgehead atoms. The maximum atomic E-state index is 11.5. The summed E-state index contributed by atoms with van der Waals surface area (Å²) in [6, 6.07) is 0. The fraction of sp³-hybridized carbons (Fsp3) is 0.846. The monoisotopic (exact) mass is 272 g/mol. The molecule has 0 aliphatic carbocycles. The lowest BCUT2D eigenvalue weighted by atomic mass is 10.2. The Hall–Kier alpha value is -1.14. The van der Waals surface area contributed by atoms with Crippen molar-refractivity contribution in [3.8, 4) is 0 Å². The normalized spacial score (nSPS) is 26.3. The molecule has 2 aliphatic rings.